The van der Waals surface area contributed by atoms with E-state index in [1.54, 1.807) is 6.92 Å². The molecule has 0 aliphatic heterocycles. The molecule has 0 aliphatic carbocycles. The molecule has 154 valence electrons. The van der Waals surface area contributed by atoms with Crippen molar-refractivity contribution in [3.8, 4) is 0 Å². The number of hydrogen-bond donors (Lipinski definition) is 3. The first-order valence-electron chi connectivity index (χ1n) is 7.91. The SMILES string of the molecule is CCOC(=O)NC(=O)c1ccsc1NC(=O)c1ccc(S(C)(=O)=O)c([N+](=O)O)c1. The lowest BCUT2D eigenvalue weighted by Gasteiger charge is -2.07. The molecule has 2 aromatic rings. The average Bonchev–Trinajstić information content (AvgIpc) is 3.08. The van der Waals surface area contributed by atoms with E-state index in [-0.39, 0.29) is 22.7 Å². The lowest BCUT2D eigenvalue weighted by atomic mass is 10.2. The maximum absolute atomic E-state index is 12.5. The van der Waals surface area contributed by atoms with Crippen molar-refractivity contribution in [2.24, 2.45) is 0 Å². The predicted molar refractivity (Wildman–Crippen MR) is 101 cm³/mol. The van der Waals surface area contributed by atoms with E-state index in [1.165, 1.54) is 11.4 Å². The summed E-state index contributed by atoms with van der Waals surface area (Å²) in [7, 11) is -3.83. The Balaban J connectivity index is 2.27. The van der Waals surface area contributed by atoms with Crippen LogP contribution < -0.4 is 10.6 Å². The number of thiophene rings is 1. The molecule has 1 aromatic heterocycles. The number of carbonyl (C=O) groups excluding carboxylic acids is 3. The van der Waals surface area contributed by atoms with E-state index in [4.69, 9.17) is 5.21 Å². The van der Waals surface area contributed by atoms with Crippen LogP contribution in [0.4, 0.5) is 15.5 Å². The number of hydrogen-bond acceptors (Lipinski definition) is 8. The molecule has 0 fully saturated rings. The number of ether oxygens (including phenoxy) is 1. The molecule has 0 saturated heterocycles. The Kier molecular flexibility index (Phi) is 6.66. The van der Waals surface area contributed by atoms with E-state index in [0.717, 1.165) is 35.8 Å². The molecule has 0 unspecified atom stereocenters. The van der Waals surface area contributed by atoms with Gasteiger partial charge >= 0.3 is 11.8 Å². The smallest absolute Gasteiger partial charge is 0.414 e. The third-order valence-corrected chi connectivity index (χ3v) is 5.43. The van der Waals surface area contributed by atoms with Gasteiger partial charge in [-0.25, -0.2) is 18.4 Å². The molecule has 1 aromatic carbocycles. The monoisotopic (exact) mass is 442 g/mol. The third kappa shape index (κ3) is 5.36. The number of sulfone groups is 1. The van der Waals surface area contributed by atoms with Crippen LogP contribution in [0.1, 0.15) is 27.6 Å². The Bertz CT molecular complexity index is 1090. The quantitative estimate of drug-likeness (QED) is 0.574. The van der Waals surface area contributed by atoms with Gasteiger partial charge in [0, 0.05) is 17.9 Å². The van der Waals surface area contributed by atoms with Gasteiger partial charge in [0.25, 0.3) is 16.7 Å². The lowest BCUT2D eigenvalue weighted by Crippen LogP contribution is -2.31. The van der Waals surface area contributed by atoms with Crippen molar-refractivity contribution in [2.45, 2.75) is 11.8 Å². The van der Waals surface area contributed by atoms with Crippen LogP contribution in [-0.4, -0.2) is 49.3 Å². The van der Waals surface area contributed by atoms with Crippen LogP contribution in [0.2, 0.25) is 0 Å². The van der Waals surface area contributed by atoms with Crippen LogP contribution in [0.5, 0.6) is 0 Å². The first-order valence-corrected chi connectivity index (χ1v) is 10.7. The Labute approximate surface area is 168 Å². The number of carbonyl (C=O) groups is 3. The van der Waals surface area contributed by atoms with Crippen LogP contribution in [0.3, 0.4) is 0 Å². The number of alkyl carbamates (subject to hydrolysis) is 1. The second-order valence-electron chi connectivity index (χ2n) is 5.52. The van der Waals surface area contributed by atoms with Crippen LogP contribution >= 0.6 is 11.3 Å². The molecule has 0 atom stereocenters. The fourth-order valence-electron chi connectivity index (χ4n) is 2.21. The average molecular weight is 442 g/mol. The molecule has 11 nitrogen and oxygen atoms in total. The molecule has 0 saturated carbocycles. The highest BCUT2D eigenvalue weighted by atomic mass is 32.2. The molecule has 1 heterocycles. The Morgan fingerprint density at radius 2 is 1.90 bits per heavy atom. The predicted octanol–water partition coefficient (Wildman–Crippen LogP) is 2.09. The van der Waals surface area contributed by atoms with Crippen molar-refractivity contribution in [3.63, 3.8) is 0 Å². The number of amides is 3. The van der Waals surface area contributed by atoms with Gasteiger partial charge in [0.15, 0.2) is 9.84 Å². The molecule has 2 rings (SSSR count). The molecule has 0 spiro atoms. The van der Waals surface area contributed by atoms with Gasteiger partial charge in [0.2, 0.25) is 0 Å². The number of anilines is 1. The zero-order valence-electron chi connectivity index (χ0n) is 15.2. The normalized spacial score (nSPS) is 10.8. The molecule has 0 aliphatic rings. The fraction of sp³-hybridized carbons (Fsp3) is 0.188. The summed E-state index contributed by atoms with van der Waals surface area (Å²) in [6.45, 7) is 1.64. The minimum Gasteiger partial charge on any atom is -0.450 e. The number of benzene rings is 1. The molecule has 0 bridgehead atoms. The number of imide groups is 1. The molecule has 3 amide bonds. The number of rotatable bonds is 6. The summed E-state index contributed by atoms with van der Waals surface area (Å²) < 4.78 is 28.0. The van der Waals surface area contributed by atoms with Crippen molar-refractivity contribution in [2.75, 3.05) is 18.2 Å². The molecular weight excluding hydrogens is 426 g/mol. The van der Waals surface area contributed by atoms with Crippen molar-refractivity contribution in [1.82, 2.24) is 5.32 Å². The second-order valence-corrected chi connectivity index (χ2v) is 8.42. The minimum absolute atomic E-state index is 0.00278. The van der Waals surface area contributed by atoms with Crippen LogP contribution in [-0.2, 0) is 14.6 Å². The summed E-state index contributed by atoms with van der Waals surface area (Å²) in [5, 5.41) is 15.2. The third-order valence-electron chi connectivity index (χ3n) is 3.45. The summed E-state index contributed by atoms with van der Waals surface area (Å²) in [5.41, 5.74) is -0.781. The zero-order chi connectivity index (χ0) is 21.8. The van der Waals surface area contributed by atoms with Gasteiger partial charge in [-0.1, -0.05) is 0 Å². The van der Waals surface area contributed by atoms with Crippen LogP contribution in [0, 0.1) is 4.91 Å². The Morgan fingerprint density at radius 1 is 1.21 bits per heavy atom. The largest absolute Gasteiger partial charge is 0.450 e. The summed E-state index contributed by atoms with van der Waals surface area (Å²) >= 11 is 0.997. The van der Waals surface area contributed by atoms with E-state index in [0.29, 0.717) is 0 Å². The van der Waals surface area contributed by atoms with E-state index in [1.807, 2.05) is 5.32 Å². The summed E-state index contributed by atoms with van der Waals surface area (Å²) in [6.07, 6.45) is -0.102. The highest BCUT2D eigenvalue weighted by molar-refractivity contribution is 7.90. The van der Waals surface area contributed by atoms with E-state index in [2.05, 4.69) is 10.1 Å². The maximum Gasteiger partial charge on any atom is 0.414 e. The van der Waals surface area contributed by atoms with E-state index < -0.39 is 43.3 Å². The van der Waals surface area contributed by atoms with E-state index in [9.17, 15) is 27.7 Å². The number of nitrogens with one attached hydrogen (secondary N) is 2. The Morgan fingerprint density at radius 3 is 2.48 bits per heavy atom. The molecule has 3 N–H and O–H groups in total. The van der Waals surface area contributed by atoms with Gasteiger partial charge in [0.05, 0.1) is 17.1 Å². The minimum atomic E-state index is -3.83. The first-order chi connectivity index (χ1) is 13.5. The van der Waals surface area contributed by atoms with Crippen molar-refractivity contribution in [1.29, 1.82) is 0 Å². The summed E-state index contributed by atoms with van der Waals surface area (Å²) in [6, 6.07) is 4.42. The topological polar surface area (TPSA) is 159 Å². The van der Waals surface area contributed by atoms with Crippen molar-refractivity contribution in [3.05, 3.63) is 45.7 Å². The van der Waals surface area contributed by atoms with E-state index >= 15 is 0 Å². The summed E-state index contributed by atoms with van der Waals surface area (Å²) in [4.78, 5) is 46.1. The molecule has 13 heteroatoms. The highest BCUT2D eigenvalue weighted by Crippen LogP contribution is 2.27. The highest BCUT2D eigenvalue weighted by Gasteiger charge is 2.28. The van der Waals surface area contributed by atoms with Gasteiger partial charge < -0.3 is 10.1 Å². The van der Waals surface area contributed by atoms with Crippen molar-refractivity contribution >= 4 is 49.8 Å². The standard InChI is InChI=1S/C16H15N3O8S2/c1-3-27-16(22)18-14(21)10-6-7-28-15(10)17-13(20)9-4-5-12(29(2,25)26)11(8-9)19(23)24/h4-8H,3H2,1-2H3,(H2-,17,18,20,21,22,23,24)/p+1. The van der Waals surface area contributed by atoms with Crippen LogP contribution in [0.15, 0.2) is 34.5 Å². The summed E-state index contributed by atoms with van der Waals surface area (Å²) in [5.74, 6) is -1.57. The number of nitrogens with zero attached hydrogens (tertiary/aromatic N) is 1. The molecule has 29 heavy (non-hydrogen) atoms. The van der Waals surface area contributed by atoms with Gasteiger partial charge in [-0.3, -0.25) is 14.9 Å². The molecular formula is C16H16N3O8S2+. The van der Waals surface area contributed by atoms with Crippen LogP contribution in [0.25, 0.3) is 0 Å². The fourth-order valence-corrected chi connectivity index (χ4v) is 3.82. The first kappa shape index (κ1) is 22.0. The van der Waals surface area contributed by atoms with Gasteiger partial charge in [-0.15, -0.1) is 11.3 Å². The maximum atomic E-state index is 12.5. The lowest BCUT2D eigenvalue weighted by molar-refractivity contribution is -0.731. The van der Waals surface area contributed by atoms with Gasteiger partial charge in [0.1, 0.15) is 9.90 Å². The van der Waals surface area contributed by atoms with Crippen molar-refractivity contribution < 1.29 is 37.7 Å². The Hall–Kier alpha value is -3.32. The molecule has 0 radical (unpaired) electrons. The second kappa shape index (κ2) is 8.79. The zero-order valence-corrected chi connectivity index (χ0v) is 16.8. The van der Waals surface area contributed by atoms with Gasteiger partial charge in [-0.2, -0.15) is 0 Å². The van der Waals surface area contributed by atoms with Gasteiger partial charge in [-0.05, 0) is 30.5 Å².